The lowest BCUT2D eigenvalue weighted by Gasteiger charge is -2.11. The summed E-state index contributed by atoms with van der Waals surface area (Å²) in [6.45, 7) is 0. The summed E-state index contributed by atoms with van der Waals surface area (Å²) in [4.78, 5) is 13.8. The van der Waals surface area contributed by atoms with E-state index in [0.717, 1.165) is 27.2 Å². The summed E-state index contributed by atoms with van der Waals surface area (Å²) < 4.78 is 7.60. The summed E-state index contributed by atoms with van der Waals surface area (Å²) in [7, 11) is 0. The first-order valence-corrected chi connectivity index (χ1v) is 11.1. The maximum Gasteiger partial charge on any atom is 0.205 e. The van der Waals surface area contributed by atoms with E-state index in [0.29, 0.717) is 22.6 Å². The Kier molecular flexibility index (Phi) is 4.89. The fourth-order valence-corrected chi connectivity index (χ4v) is 4.50. The lowest BCUT2D eigenvalue weighted by atomic mass is 10.2. The number of nitrogens with zero attached hydrogens (tertiary/aromatic N) is 6. The minimum atomic E-state index is 0.612. The number of hydrogen-bond acceptors (Lipinski definition) is 7. The fraction of sp³-hybridized carbons (Fsp3) is 0. The number of rotatable bonds is 5. The molecule has 33 heavy (non-hydrogen) atoms. The van der Waals surface area contributed by atoms with Gasteiger partial charge >= 0.3 is 0 Å². The lowest BCUT2D eigenvalue weighted by molar-refractivity contribution is 0.575. The summed E-state index contributed by atoms with van der Waals surface area (Å²) >= 11 is 1.44. The van der Waals surface area contributed by atoms with Crippen LogP contribution in [0.4, 0.5) is 0 Å². The zero-order chi connectivity index (χ0) is 22.0. The summed E-state index contributed by atoms with van der Waals surface area (Å²) in [5.41, 5.74) is 2.64. The van der Waals surface area contributed by atoms with E-state index in [4.69, 9.17) is 14.4 Å². The van der Waals surface area contributed by atoms with Crippen LogP contribution in [0.25, 0.3) is 39.6 Å². The van der Waals surface area contributed by atoms with E-state index in [1.807, 2.05) is 83.4 Å². The van der Waals surface area contributed by atoms with Gasteiger partial charge in [0.25, 0.3) is 0 Å². The van der Waals surface area contributed by atoms with Crippen molar-refractivity contribution in [2.24, 2.45) is 0 Å². The predicted octanol–water partition coefficient (Wildman–Crippen LogP) is 5.68. The number of furan rings is 1. The molecule has 0 unspecified atom stereocenters. The van der Waals surface area contributed by atoms with Crippen molar-refractivity contribution in [2.45, 2.75) is 10.2 Å². The Morgan fingerprint density at radius 3 is 2.48 bits per heavy atom. The second kappa shape index (κ2) is 8.33. The van der Waals surface area contributed by atoms with Crippen LogP contribution < -0.4 is 0 Å². The Morgan fingerprint density at radius 2 is 1.67 bits per heavy atom. The van der Waals surface area contributed by atoms with E-state index in [9.17, 15) is 0 Å². The van der Waals surface area contributed by atoms with Crippen LogP contribution in [0.5, 0.6) is 0 Å². The second-order valence-electron chi connectivity index (χ2n) is 7.17. The molecular weight excluding hydrogens is 432 g/mol. The molecule has 0 saturated heterocycles. The van der Waals surface area contributed by atoms with Crippen molar-refractivity contribution in [1.29, 1.82) is 0 Å². The monoisotopic (exact) mass is 448 g/mol. The molecule has 4 heterocycles. The summed E-state index contributed by atoms with van der Waals surface area (Å²) in [6, 6.07) is 25.5. The Bertz CT molecular complexity index is 1530. The second-order valence-corrected chi connectivity index (χ2v) is 8.12. The Hall–Kier alpha value is -4.30. The van der Waals surface area contributed by atoms with E-state index in [1.165, 1.54) is 11.8 Å². The number of hydrogen-bond donors (Lipinski definition) is 0. The molecule has 6 aromatic rings. The van der Waals surface area contributed by atoms with Crippen LogP contribution in [0.15, 0.2) is 112 Å². The molecule has 0 bridgehead atoms. The lowest BCUT2D eigenvalue weighted by Crippen LogP contribution is -2.00. The highest BCUT2D eigenvalue weighted by atomic mass is 32.2. The van der Waals surface area contributed by atoms with Gasteiger partial charge in [-0.15, -0.1) is 10.2 Å². The summed E-state index contributed by atoms with van der Waals surface area (Å²) in [5.74, 6) is 1.88. The third-order valence-electron chi connectivity index (χ3n) is 5.07. The number of pyridine rings is 1. The molecule has 0 aliphatic carbocycles. The van der Waals surface area contributed by atoms with E-state index in [1.54, 1.807) is 18.7 Å². The number of fused-ring (bicyclic) bond motifs is 1. The van der Waals surface area contributed by atoms with Gasteiger partial charge in [-0.05, 0) is 54.2 Å². The van der Waals surface area contributed by atoms with Crippen molar-refractivity contribution < 1.29 is 4.42 Å². The Labute approximate surface area is 193 Å². The Balaban J connectivity index is 1.52. The molecule has 0 saturated carbocycles. The maximum absolute atomic E-state index is 5.63. The van der Waals surface area contributed by atoms with E-state index in [-0.39, 0.29) is 0 Å². The molecule has 7 nitrogen and oxygen atoms in total. The molecule has 158 valence electrons. The molecule has 2 aromatic carbocycles. The zero-order valence-corrected chi connectivity index (χ0v) is 18.1. The van der Waals surface area contributed by atoms with Crippen LogP contribution in [-0.2, 0) is 0 Å². The zero-order valence-electron chi connectivity index (χ0n) is 17.2. The average molecular weight is 449 g/mol. The molecule has 8 heteroatoms. The molecule has 0 aliphatic heterocycles. The van der Waals surface area contributed by atoms with Crippen LogP contribution in [0.1, 0.15) is 0 Å². The van der Waals surface area contributed by atoms with Crippen molar-refractivity contribution in [3.8, 4) is 28.7 Å². The third kappa shape index (κ3) is 3.66. The van der Waals surface area contributed by atoms with Gasteiger partial charge in [0, 0.05) is 29.0 Å². The fourth-order valence-electron chi connectivity index (χ4n) is 3.55. The maximum atomic E-state index is 5.63. The average Bonchev–Trinajstić information content (AvgIpc) is 3.55. The van der Waals surface area contributed by atoms with Gasteiger partial charge in [-0.1, -0.05) is 36.4 Å². The molecule has 6 rings (SSSR count). The minimum Gasteiger partial charge on any atom is -0.461 e. The third-order valence-corrected chi connectivity index (χ3v) is 6.02. The molecule has 4 aromatic heterocycles. The van der Waals surface area contributed by atoms with Gasteiger partial charge in [0.05, 0.1) is 11.8 Å². The predicted molar refractivity (Wildman–Crippen MR) is 126 cm³/mol. The van der Waals surface area contributed by atoms with E-state index < -0.39 is 0 Å². The molecule has 0 spiro atoms. The minimum absolute atomic E-state index is 0.612. The molecule has 0 N–H and O–H groups in total. The molecule has 0 radical (unpaired) electrons. The quantitative estimate of drug-likeness (QED) is 0.314. The number of para-hydroxylation sites is 2. The van der Waals surface area contributed by atoms with Crippen LogP contribution >= 0.6 is 11.8 Å². The highest BCUT2D eigenvalue weighted by Crippen LogP contribution is 2.35. The SMILES string of the molecule is c1ccc(-n2c(Sc3nc(-c4cccnc4)nc4ccccc34)nnc2-c2ccco2)cc1. The van der Waals surface area contributed by atoms with Gasteiger partial charge < -0.3 is 4.42 Å². The Morgan fingerprint density at radius 1 is 0.788 bits per heavy atom. The van der Waals surface area contributed by atoms with Gasteiger partial charge in [-0.25, -0.2) is 9.97 Å². The van der Waals surface area contributed by atoms with Gasteiger partial charge in [0.2, 0.25) is 11.0 Å². The van der Waals surface area contributed by atoms with Crippen molar-refractivity contribution >= 4 is 22.7 Å². The molecular formula is C25H16N6OS. The van der Waals surface area contributed by atoms with Crippen molar-refractivity contribution in [3.05, 3.63) is 97.5 Å². The normalized spacial score (nSPS) is 11.2. The van der Waals surface area contributed by atoms with Crippen molar-refractivity contribution in [1.82, 2.24) is 29.7 Å². The molecule has 0 aliphatic rings. The van der Waals surface area contributed by atoms with Crippen LogP contribution in [-0.4, -0.2) is 29.7 Å². The number of aromatic nitrogens is 6. The van der Waals surface area contributed by atoms with Crippen molar-refractivity contribution in [2.75, 3.05) is 0 Å². The van der Waals surface area contributed by atoms with Gasteiger partial charge in [-0.3, -0.25) is 9.55 Å². The smallest absolute Gasteiger partial charge is 0.205 e. The summed E-state index contributed by atoms with van der Waals surface area (Å²) in [6.07, 6.45) is 5.13. The largest absolute Gasteiger partial charge is 0.461 e. The van der Waals surface area contributed by atoms with Gasteiger partial charge in [0.1, 0.15) is 5.03 Å². The first-order chi connectivity index (χ1) is 16.4. The van der Waals surface area contributed by atoms with Gasteiger partial charge in [-0.2, -0.15) is 0 Å². The van der Waals surface area contributed by atoms with Crippen LogP contribution in [0, 0.1) is 0 Å². The molecule has 0 atom stereocenters. The van der Waals surface area contributed by atoms with E-state index in [2.05, 4.69) is 15.2 Å². The molecule has 0 fully saturated rings. The molecule has 0 amide bonds. The van der Waals surface area contributed by atoms with Gasteiger partial charge in [0.15, 0.2) is 11.6 Å². The summed E-state index contributed by atoms with van der Waals surface area (Å²) in [5, 5.41) is 11.3. The topological polar surface area (TPSA) is 82.5 Å². The van der Waals surface area contributed by atoms with Crippen LogP contribution in [0.3, 0.4) is 0 Å². The van der Waals surface area contributed by atoms with E-state index >= 15 is 0 Å². The van der Waals surface area contributed by atoms with Crippen molar-refractivity contribution in [3.63, 3.8) is 0 Å². The first-order valence-electron chi connectivity index (χ1n) is 10.3. The highest BCUT2D eigenvalue weighted by molar-refractivity contribution is 7.99. The number of benzene rings is 2. The highest BCUT2D eigenvalue weighted by Gasteiger charge is 2.20. The first kappa shape index (κ1) is 19.4. The standard InChI is InChI=1S/C25H16N6OS/c1-2-9-18(10-3-1)31-23(21-13-7-15-32-21)29-30-25(31)33-24-19-11-4-5-12-20(19)27-22(28-24)17-8-6-14-26-16-17/h1-16H. The van der Waals surface area contributed by atoms with Crippen LogP contribution in [0.2, 0.25) is 0 Å².